The summed E-state index contributed by atoms with van der Waals surface area (Å²) in [5, 5.41) is 7.52. The van der Waals surface area contributed by atoms with Crippen LogP contribution in [0, 0.1) is 5.82 Å². The standard InChI is InChI=1S/C11H7ClFN3OS/c12-11-15-14-9(18-11)10(17)16-4-3-6-1-2-7(13)5-8(6)16/h1-2,5H,3-4H2. The molecule has 0 spiro atoms. The first-order valence-electron chi connectivity index (χ1n) is 5.24. The van der Waals surface area contributed by atoms with E-state index in [1.807, 2.05) is 0 Å². The smallest absolute Gasteiger partial charge is 0.289 e. The summed E-state index contributed by atoms with van der Waals surface area (Å²) in [6.07, 6.45) is 0.716. The van der Waals surface area contributed by atoms with Crippen molar-refractivity contribution in [3.05, 3.63) is 39.1 Å². The summed E-state index contributed by atoms with van der Waals surface area (Å²) in [7, 11) is 0. The van der Waals surface area contributed by atoms with Gasteiger partial charge in [0.05, 0.1) is 5.69 Å². The van der Waals surface area contributed by atoms with Gasteiger partial charge in [0.15, 0.2) is 0 Å². The van der Waals surface area contributed by atoms with E-state index >= 15 is 0 Å². The van der Waals surface area contributed by atoms with Crippen LogP contribution in [0.4, 0.5) is 10.1 Å². The molecule has 0 unspecified atom stereocenters. The third kappa shape index (κ3) is 1.87. The van der Waals surface area contributed by atoms with Crippen molar-refractivity contribution in [2.24, 2.45) is 0 Å². The Kier molecular flexibility index (Phi) is 2.76. The molecular weight excluding hydrogens is 277 g/mol. The maximum Gasteiger partial charge on any atom is 0.289 e. The summed E-state index contributed by atoms with van der Waals surface area (Å²) in [4.78, 5) is 13.7. The zero-order chi connectivity index (χ0) is 12.7. The first-order chi connectivity index (χ1) is 8.65. The highest BCUT2D eigenvalue weighted by atomic mass is 35.5. The number of amides is 1. The van der Waals surface area contributed by atoms with E-state index in [0.717, 1.165) is 16.9 Å². The Morgan fingerprint density at radius 2 is 2.28 bits per heavy atom. The third-order valence-electron chi connectivity index (χ3n) is 2.77. The molecule has 0 aliphatic carbocycles. The first-order valence-corrected chi connectivity index (χ1v) is 6.44. The number of rotatable bonds is 1. The molecule has 1 amide bonds. The van der Waals surface area contributed by atoms with Crippen molar-refractivity contribution in [2.45, 2.75) is 6.42 Å². The predicted molar refractivity (Wildman–Crippen MR) is 66.7 cm³/mol. The summed E-state index contributed by atoms with van der Waals surface area (Å²) >= 11 is 6.67. The van der Waals surface area contributed by atoms with Gasteiger partial charge in [-0.2, -0.15) is 0 Å². The highest BCUT2D eigenvalue weighted by Crippen LogP contribution is 2.30. The number of carbonyl (C=O) groups excluding carboxylic acids is 1. The molecule has 4 nitrogen and oxygen atoms in total. The van der Waals surface area contributed by atoms with Crippen LogP contribution in [-0.4, -0.2) is 22.6 Å². The fraction of sp³-hybridized carbons (Fsp3) is 0.182. The average Bonchev–Trinajstić information content (AvgIpc) is 2.94. The number of benzene rings is 1. The van der Waals surface area contributed by atoms with Crippen molar-refractivity contribution in [3.8, 4) is 0 Å². The summed E-state index contributed by atoms with van der Waals surface area (Å²) in [6, 6.07) is 4.46. The first kappa shape index (κ1) is 11.6. The molecule has 1 aliphatic rings. The normalized spacial score (nSPS) is 13.8. The Labute approximate surface area is 111 Å². The van der Waals surface area contributed by atoms with E-state index < -0.39 is 0 Å². The third-order valence-corrected chi connectivity index (χ3v) is 3.78. The van der Waals surface area contributed by atoms with E-state index in [0.29, 0.717) is 18.7 Å². The molecule has 2 aromatic rings. The van der Waals surface area contributed by atoms with E-state index in [1.54, 1.807) is 6.07 Å². The van der Waals surface area contributed by atoms with E-state index in [-0.39, 0.29) is 21.2 Å². The van der Waals surface area contributed by atoms with Crippen LogP contribution in [0.3, 0.4) is 0 Å². The molecule has 1 aliphatic heterocycles. The molecule has 1 aromatic carbocycles. The average molecular weight is 284 g/mol. The zero-order valence-corrected chi connectivity index (χ0v) is 10.6. The molecule has 0 bridgehead atoms. The van der Waals surface area contributed by atoms with Crippen LogP contribution in [-0.2, 0) is 6.42 Å². The molecule has 3 rings (SSSR count). The van der Waals surface area contributed by atoms with Gasteiger partial charge in [0.2, 0.25) is 9.47 Å². The minimum Gasteiger partial charge on any atom is -0.306 e. The fourth-order valence-electron chi connectivity index (χ4n) is 1.97. The SMILES string of the molecule is O=C(c1nnc(Cl)s1)N1CCc2ccc(F)cc21. The maximum atomic E-state index is 13.2. The van der Waals surface area contributed by atoms with Crippen molar-refractivity contribution in [3.63, 3.8) is 0 Å². The Bertz CT molecular complexity index is 631. The van der Waals surface area contributed by atoms with Gasteiger partial charge in [0.1, 0.15) is 5.82 Å². The Hall–Kier alpha value is -1.53. The number of hydrogen-bond acceptors (Lipinski definition) is 4. The van der Waals surface area contributed by atoms with Gasteiger partial charge in [0, 0.05) is 6.54 Å². The summed E-state index contributed by atoms with van der Waals surface area (Å²) in [6.45, 7) is 0.523. The second kappa shape index (κ2) is 4.29. The summed E-state index contributed by atoms with van der Waals surface area (Å²) in [5.74, 6) is -0.646. The molecule has 0 saturated carbocycles. The van der Waals surface area contributed by atoms with Crippen molar-refractivity contribution >= 4 is 34.5 Å². The van der Waals surface area contributed by atoms with Crippen LogP contribution in [0.1, 0.15) is 15.4 Å². The van der Waals surface area contributed by atoms with E-state index in [2.05, 4.69) is 10.2 Å². The number of fused-ring (bicyclic) bond motifs is 1. The summed E-state index contributed by atoms with van der Waals surface area (Å²) < 4.78 is 13.4. The largest absolute Gasteiger partial charge is 0.306 e. The number of carbonyl (C=O) groups is 1. The molecule has 7 heteroatoms. The Morgan fingerprint density at radius 1 is 1.44 bits per heavy atom. The van der Waals surface area contributed by atoms with Gasteiger partial charge in [-0.15, -0.1) is 10.2 Å². The predicted octanol–water partition coefficient (Wildman–Crippen LogP) is 2.53. The quantitative estimate of drug-likeness (QED) is 0.808. The van der Waals surface area contributed by atoms with Gasteiger partial charge in [0.25, 0.3) is 5.91 Å². The van der Waals surface area contributed by atoms with Crippen LogP contribution >= 0.6 is 22.9 Å². The zero-order valence-electron chi connectivity index (χ0n) is 9.06. The van der Waals surface area contributed by atoms with Crippen LogP contribution in [0.2, 0.25) is 4.47 Å². The lowest BCUT2D eigenvalue weighted by Crippen LogP contribution is -2.28. The monoisotopic (exact) mass is 283 g/mol. The molecule has 0 fully saturated rings. The van der Waals surface area contributed by atoms with E-state index in [9.17, 15) is 9.18 Å². The molecule has 1 aromatic heterocycles. The van der Waals surface area contributed by atoms with E-state index in [4.69, 9.17) is 11.6 Å². The number of hydrogen-bond donors (Lipinski definition) is 0. The van der Waals surface area contributed by atoms with Crippen molar-refractivity contribution < 1.29 is 9.18 Å². The van der Waals surface area contributed by atoms with Crippen molar-refractivity contribution in [1.29, 1.82) is 0 Å². The topological polar surface area (TPSA) is 46.1 Å². The lowest BCUT2D eigenvalue weighted by Gasteiger charge is -2.15. The highest BCUT2D eigenvalue weighted by molar-refractivity contribution is 7.17. The van der Waals surface area contributed by atoms with Crippen LogP contribution in [0.15, 0.2) is 18.2 Å². The van der Waals surface area contributed by atoms with Gasteiger partial charge in [-0.1, -0.05) is 17.4 Å². The molecule has 0 saturated heterocycles. The summed E-state index contributed by atoms with van der Waals surface area (Å²) in [5.41, 5.74) is 1.56. The number of aromatic nitrogens is 2. The maximum absolute atomic E-state index is 13.2. The highest BCUT2D eigenvalue weighted by Gasteiger charge is 2.28. The molecule has 0 N–H and O–H groups in total. The Balaban J connectivity index is 1.96. The van der Waals surface area contributed by atoms with E-state index in [1.165, 1.54) is 17.0 Å². The number of anilines is 1. The van der Waals surface area contributed by atoms with Gasteiger partial charge in [-0.05, 0) is 35.7 Å². The van der Waals surface area contributed by atoms with Gasteiger partial charge in [-0.25, -0.2) is 4.39 Å². The lowest BCUT2D eigenvalue weighted by atomic mass is 10.2. The van der Waals surface area contributed by atoms with Crippen LogP contribution in [0.5, 0.6) is 0 Å². The van der Waals surface area contributed by atoms with Gasteiger partial charge < -0.3 is 4.90 Å². The Morgan fingerprint density at radius 3 is 3.00 bits per heavy atom. The molecule has 0 radical (unpaired) electrons. The molecule has 2 heterocycles. The van der Waals surface area contributed by atoms with Crippen LogP contribution in [0.25, 0.3) is 0 Å². The van der Waals surface area contributed by atoms with Crippen molar-refractivity contribution in [2.75, 3.05) is 11.4 Å². The second-order valence-electron chi connectivity index (χ2n) is 3.84. The van der Waals surface area contributed by atoms with Crippen molar-refractivity contribution in [1.82, 2.24) is 10.2 Å². The molecule has 0 atom stereocenters. The van der Waals surface area contributed by atoms with Gasteiger partial charge >= 0.3 is 0 Å². The molecule has 92 valence electrons. The molecular formula is C11H7ClFN3OS. The second-order valence-corrected chi connectivity index (χ2v) is 5.40. The minimum atomic E-state index is -0.358. The molecule has 18 heavy (non-hydrogen) atoms. The fourth-order valence-corrected chi connectivity index (χ4v) is 2.75. The minimum absolute atomic E-state index is 0.219. The lowest BCUT2D eigenvalue weighted by molar-refractivity contribution is 0.0988. The number of nitrogens with zero attached hydrogens (tertiary/aromatic N) is 3. The van der Waals surface area contributed by atoms with Crippen LogP contribution < -0.4 is 4.90 Å². The van der Waals surface area contributed by atoms with Gasteiger partial charge in [-0.3, -0.25) is 4.79 Å². The number of halogens is 2.